The number of benzene rings is 1. The van der Waals surface area contributed by atoms with Gasteiger partial charge in [-0.1, -0.05) is 6.07 Å². The van der Waals surface area contributed by atoms with Gasteiger partial charge < -0.3 is 19.4 Å². The minimum Gasteiger partial charge on any atom is -0.492 e. The van der Waals surface area contributed by atoms with Crippen LogP contribution in [-0.2, 0) is 32.7 Å². The molecule has 0 saturated carbocycles. The van der Waals surface area contributed by atoms with Crippen molar-refractivity contribution in [3.05, 3.63) is 106 Å². The Morgan fingerprint density at radius 3 is 2.44 bits per heavy atom. The van der Waals surface area contributed by atoms with E-state index in [1.165, 1.54) is 32.4 Å². The van der Waals surface area contributed by atoms with E-state index in [9.17, 15) is 14.0 Å². The van der Waals surface area contributed by atoms with Gasteiger partial charge in [0.2, 0.25) is 5.91 Å². The number of Topliss-reactive ketones (excluding diaryl/α,β-unsaturated/α-hetero) is 1. The molecule has 0 unspecified atom stereocenters. The summed E-state index contributed by atoms with van der Waals surface area (Å²) in [6.45, 7) is 2.27. The van der Waals surface area contributed by atoms with Crippen LogP contribution in [0.5, 0.6) is 0 Å². The molecular weight excluding hydrogens is 435 g/mol. The summed E-state index contributed by atoms with van der Waals surface area (Å²) in [5.41, 5.74) is 5.37. The fourth-order valence-corrected chi connectivity index (χ4v) is 4.09. The maximum Gasteiger partial charge on any atom is 0.261 e. The van der Waals surface area contributed by atoms with Gasteiger partial charge in [-0.15, -0.1) is 0 Å². The first-order chi connectivity index (χ1) is 16.3. The molecule has 1 amide bonds. The van der Waals surface area contributed by atoms with Crippen molar-refractivity contribution >= 4 is 22.8 Å². The average molecular weight is 461 g/mol. The molecule has 2 aliphatic rings. The maximum absolute atomic E-state index is 14.1. The summed E-state index contributed by atoms with van der Waals surface area (Å²) in [4.78, 5) is 25.0. The Morgan fingerprint density at radius 1 is 1.12 bits per heavy atom. The minimum absolute atomic E-state index is 0.164. The SMILES string of the molecule is COC1=CC(=CC2=C(C)C(=CC(=O)NCc3cccn3C)c3cc(F)ccc32)C=C(OC)C1=O. The second-order valence-electron chi connectivity index (χ2n) is 8.01. The molecule has 0 atom stereocenters. The number of fused-ring (bicyclic) bond motifs is 1. The lowest BCUT2D eigenvalue weighted by Gasteiger charge is -2.14. The Bertz CT molecular complexity index is 1310. The van der Waals surface area contributed by atoms with Gasteiger partial charge in [0, 0.05) is 25.0 Å². The van der Waals surface area contributed by atoms with E-state index in [0.29, 0.717) is 23.3 Å². The number of nitrogens with zero attached hydrogens (tertiary/aromatic N) is 1. The van der Waals surface area contributed by atoms with Gasteiger partial charge in [-0.3, -0.25) is 9.59 Å². The van der Waals surface area contributed by atoms with Gasteiger partial charge in [0.05, 0.1) is 20.8 Å². The largest absolute Gasteiger partial charge is 0.492 e. The minimum atomic E-state index is -0.387. The number of hydrogen-bond acceptors (Lipinski definition) is 4. The predicted octanol–water partition coefficient (Wildman–Crippen LogP) is 4.22. The highest BCUT2D eigenvalue weighted by atomic mass is 19.1. The Labute approximate surface area is 197 Å². The van der Waals surface area contributed by atoms with Gasteiger partial charge in [-0.25, -0.2) is 4.39 Å². The molecule has 2 aliphatic carbocycles. The lowest BCUT2D eigenvalue weighted by atomic mass is 9.99. The molecule has 0 fully saturated rings. The number of aryl methyl sites for hydroxylation is 1. The van der Waals surface area contributed by atoms with Crippen molar-refractivity contribution in [1.82, 2.24) is 9.88 Å². The van der Waals surface area contributed by atoms with Gasteiger partial charge in [0.15, 0.2) is 11.5 Å². The molecule has 0 saturated heterocycles. The molecule has 174 valence electrons. The maximum atomic E-state index is 14.1. The number of halogens is 1. The Morgan fingerprint density at radius 2 is 1.82 bits per heavy atom. The quantitative estimate of drug-likeness (QED) is 0.656. The highest BCUT2D eigenvalue weighted by molar-refractivity contribution is 6.10. The monoisotopic (exact) mass is 460 g/mol. The molecule has 4 rings (SSSR count). The van der Waals surface area contributed by atoms with Crippen LogP contribution in [-0.4, -0.2) is 30.5 Å². The van der Waals surface area contributed by atoms with Gasteiger partial charge in [-0.2, -0.15) is 0 Å². The third-order valence-electron chi connectivity index (χ3n) is 5.93. The smallest absolute Gasteiger partial charge is 0.261 e. The standard InChI is InChI=1S/C27H25FN2O4/c1-16-21(10-17-11-24(33-3)27(32)25(12-17)34-4)20-8-7-18(28)13-23(20)22(16)14-26(31)29-15-19-6-5-9-30(19)2/h5-14H,15H2,1-4H3,(H,29,31). The first-order valence-corrected chi connectivity index (χ1v) is 10.7. The lowest BCUT2D eigenvalue weighted by Crippen LogP contribution is -2.22. The summed E-state index contributed by atoms with van der Waals surface area (Å²) < 4.78 is 26.5. The molecule has 0 radical (unpaired) electrons. The summed E-state index contributed by atoms with van der Waals surface area (Å²) in [6, 6.07) is 8.35. The third kappa shape index (κ3) is 4.37. The number of rotatable bonds is 6. The lowest BCUT2D eigenvalue weighted by molar-refractivity contribution is -0.118. The van der Waals surface area contributed by atoms with Crippen molar-refractivity contribution in [2.24, 2.45) is 7.05 Å². The summed E-state index contributed by atoms with van der Waals surface area (Å²) in [5.74, 6) is -0.667. The van der Waals surface area contributed by atoms with Crippen LogP contribution < -0.4 is 5.32 Å². The van der Waals surface area contributed by atoms with E-state index < -0.39 is 0 Å². The van der Waals surface area contributed by atoms with E-state index in [2.05, 4.69) is 5.32 Å². The second-order valence-corrected chi connectivity index (χ2v) is 8.01. The zero-order valence-corrected chi connectivity index (χ0v) is 19.4. The van der Waals surface area contributed by atoms with Crippen molar-refractivity contribution in [2.75, 3.05) is 14.2 Å². The van der Waals surface area contributed by atoms with Gasteiger partial charge in [-0.05, 0) is 82.8 Å². The molecule has 2 aromatic rings. The zero-order valence-electron chi connectivity index (χ0n) is 19.4. The number of amides is 1. The highest BCUT2D eigenvalue weighted by Crippen LogP contribution is 2.43. The topological polar surface area (TPSA) is 69.6 Å². The van der Waals surface area contributed by atoms with E-state index in [1.807, 2.05) is 42.9 Å². The molecule has 0 aliphatic heterocycles. The van der Waals surface area contributed by atoms with Crippen LogP contribution in [0, 0.1) is 5.82 Å². The Kier molecular flexibility index (Phi) is 6.36. The molecule has 1 N–H and O–H groups in total. The van der Waals surface area contributed by atoms with Crippen LogP contribution in [0.4, 0.5) is 4.39 Å². The molecule has 7 heteroatoms. The number of ether oxygens (including phenoxy) is 2. The van der Waals surface area contributed by atoms with Crippen LogP contribution in [0.2, 0.25) is 0 Å². The van der Waals surface area contributed by atoms with E-state index in [4.69, 9.17) is 9.47 Å². The molecule has 6 nitrogen and oxygen atoms in total. The number of aromatic nitrogens is 1. The van der Waals surface area contributed by atoms with E-state index >= 15 is 0 Å². The van der Waals surface area contributed by atoms with E-state index in [1.54, 1.807) is 18.2 Å². The van der Waals surface area contributed by atoms with Crippen molar-refractivity contribution < 1.29 is 23.5 Å². The highest BCUT2D eigenvalue weighted by Gasteiger charge is 2.26. The van der Waals surface area contributed by atoms with Crippen molar-refractivity contribution in [1.29, 1.82) is 0 Å². The van der Waals surface area contributed by atoms with Crippen LogP contribution >= 0.6 is 0 Å². The number of carbonyl (C=O) groups is 2. The van der Waals surface area contributed by atoms with Gasteiger partial charge in [0.1, 0.15) is 5.82 Å². The van der Waals surface area contributed by atoms with Crippen molar-refractivity contribution in [3.8, 4) is 0 Å². The molecule has 0 bridgehead atoms. The number of methoxy groups -OCH3 is 2. The fraction of sp³-hybridized carbons (Fsp3) is 0.185. The number of carbonyl (C=O) groups excluding carboxylic acids is 2. The molecule has 34 heavy (non-hydrogen) atoms. The van der Waals surface area contributed by atoms with Crippen molar-refractivity contribution in [3.63, 3.8) is 0 Å². The third-order valence-corrected chi connectivity index (χ3v) is 5.93. The van der Waals surface area contributed by atoms with E-state index in [-0.39, 0.29) is 29.0 Å². The Balaban J connectivity index is 1.72. The van der Waals surface area contributed by atoms with Crippen LogP contribution in [0.3, 0.4) is 0 Å². The first-order valence-electron chi connectivity index (χ1n) is 10.7. The summed E-state index contributed by atoms with van der Waals surface area (Å²) in [5, 5.41) is 2.89. The first kappa shape index (κ1) is 23.0. The molecule has 1 aromatic heterocycles. The van der Waals surface area contributed by atoms with Gasteiger partial charge >= 0.3 is 0 Å². The second kappa shape index (κ2) is 9.39. The number of nitrogens with one attached hydrogen (secondary N) is 1. The Hall–Kier alpha value is -4.13. The molecule has 1 aromatic carbocycles. The number of ketones is 1. The molecular formula is C27H25FN2O4. The molecule has 0 spiro atoms. The summed E-state index contributed by atoms with van der Waals surface area (Å²) in [6.07, 6.45) is 8.54. The summed E-state index contributed by atoms with van der Waals surface area (Å²) >= 11 is 0. The number of hydrogen-bond donors (Lipinski definition) is 1. The van der Waals surface area contributed by atoms with Crippen LogP contribution in [0.1, 0.15) is 23.7 Å². The van der Waals surface area contributed by atoms with Gasteiger partial charge in [0.25, 0.3) is 5.78 Å². The fourth-order valence-electron chi connectivity index (χ4n) is 4.09. The van der Waals surface area contributed by atoms with Crippen LogP contribution in [0.25, 0.3) is 11.1 Å². The van der Waals surface area contributed by atoms with Crippen molar-refractivity contribution in [2.45, 2.75) is 13.5 Å². The predicted molar refractivity (Wildman–Crippen MR) is 128 cm³/mol. The normalized spacial score (nSPS) is 16.3. The summed E-state index contributed by atoms with van der Waals surface area (Å²) in [7, 11) is 4.76. The van der Waals surface area contributed by atoms with Crippen LogP contribution in [0.15, 0.2) is 83.5 Å². The molecule has 1 heterocycles. The zero-order chi connectivity index (χ0) is 24.4. The van der Waals surface area contributed by atoms with E-state index in [0.717, 1.165) is 22.4 Å². The number of allylic oxidation sites excluding steroid dienone is 7. The average Bonchev–Trinajstić information content (AvgIpc) is 3.34.